The highest BCUT2D eigenvalue weighted by Gasteiger charge is 2.08. The van der Waals surface area contributed by atoms with Gasteiger partial charge in [-0.1, -0.05) is 6.07 Å². The first-order chi connectivity index (χ1) is 8.72. The van der Waals surface area contributed by atoms with E-state index in [4.69, 9.17) is 10.5 Å². The van der Waals surface area contributed by atoms with E-state index in [0.29, 0.717) is 18.0 Å². The Morgan fingerprint density at radius 1 is 1.44 bits per heavy atom. The number of ether oxygens (including phenoxy) is 1. The third kappa shape index (κ3) is 2.73. The van der Waals surface area contributed by atoms with Crippen LogP contribution in [0.25, 0.3) is 10.9 Å². The molecule has 4 nitrogen and oxygen atoms in total. The molecule has 0 saturated carbocycles. The van der Waals surface area contributed by atoms with Gasteiger partial charge in [-0.2, -0.15) is 0 Å². The van der Waals surface area contributed by atoms with Crippen LogP contribution in [-0.2, 0) is 9.53 Å². The first-order valence-electron chi connectivity index (χ1n) is 5.64. The van der Waals surface area contributed by atoms with E-state index in [-0.39, 0.29) is 5.97 Å². The van der Waals surface area contributed by atoms with Gasteiger partial charge in [-0.05, 0) is 25.1 Å². The van der Waals surface area contributed by atoms with Crippen LogP contribution in [0, 0.1) is 0 Å². The Balaban J connectivity index is 2.24. The number of anilines is 1. The zero-order valence-electron chi connectivity index (χ0n) is 10.1. The van der Waals surface area contributed by atoms with Crippen molar-refractivity contribution in [1.82, 2.24) is 4.98 Å². The quantitative estimate of drug-likeness (QED) is 0.521. The Bertz CT molecular complexity index is 572. The molecule has 1 heterocycles. The number of nitrogens with two attached hydrogens (primary N) is 1. The predicted molar refractivity (Wildman–Crippen MR) is 73.5 cm³/mol. The highest BCUT2D eigenvalue weighted by molar-refractivity contribution is 8.00. The molecule has 0 fully saturated rings. The summed E-state index contributed by atoms with van der Waals surface area (Å²) in [5.74, 6) is 0.0817. The molecule has 0 saturated heterocycles. The summed E-state index contributed by atoms with van der Waals surface area (Å²) in [5.41, 5.74) is 7.28. The summed E-state index contributed by atoms with van der Waals surface area (Å²) < 4.78 is 4.90. The third-order valence-electron chi connectivity index (χ3n) is 2.41. The summed E-state index contributed by atoms with van der Waals surface area (Å²) in [6.45, 7) is 2.20. The van der Waals surface area contributed by atoms with Crippen molar-refractivity contribution in [2.75, 3.05) is 18.1 Å². The second-order valence-corrected chi connectivity index (χ2v) is 4.66. The van der Waals surface area contributed by atoms with Crippen LogP contribution in [0.4, 0.5) is 5.69 Å². The van der Waals surface area contributed by atoms with Crippen LogP contribution in [-0.4, -0.2) is 23.3 Å². The highest BCUT2D eigenvalue weighted by atomic mass is 32.2. The number of aromatic nitrogens is 1. The average Bonchev–Trinajstić information content (AvgIpc) is 2.39. The summed E-state index contributed by atoms with van der Waals surface area (Å²) in [5, 5.41) is 0.965. The van der Waals surface area contributed by atoms with E-state index in [9.17, 15) is 4.79 Å². The number of carbonyl (C=O) groups is 1. The molecule has 2 aromatic rings. The maximum Gasteiger partial charge on any atom is 0.316 e. The van der Waals surface area contributed by atoms with Crippen LogP contribution in [0.2, 0.25) is 0 Å². The highest BCUT2D eigenvalue weighted by Crippen LogP contribution is 2.30. The summed E-state index contributed by atoms with van der Waals surface area (Å²) in [7, 11) is 0. The fourth-order valence-electron chi connectivity index (χ4n) is 1.63. The number of benzene rings is 1. The van der Waals surface area contributed by atoms with Gasteiger partial charge in [-0.15, -0.1) is 11.8 Å². The molecule has 0 aliphatic heterocycles. The molecule has 0 atom stereocenters. The van der Waals surface area contributed by atoms with Crippen LogP contribution in [0.1, 0.15) is 6.92 Å². The minimum absolute atomic E-state index is 0.212. The number of rotatable bonds is 4. The summed E-state index contributed by atoms with van der Waals surface area (Å²) in [6, 6.07) is 7.52. The monoisotopic (exact) mass is 262 g/mol. The molecule has 2 rings (SSSR count). The van der Waals surface area contributed by atoms with Crippen LogP contribution >= 0.6 is 11.8 Å². The summed E-state index contributed by atoms with van der Waals surface area (Å²) in [6.07, 6.45) is 1.71. The zero-order valence-corrected chi connectivity index (χ0v) is 10.9. The SMILES string of the molecule is CCOC(=O)CSc1ccc(N)c2ncccc12. The topological polar surface area (TPSA) is 65.2 Å². The van der Waals surface area contributed by atoms with Crippen molar-refractivity contribution in [2.45, 2.75) is 11.8 Å². The van der Waals surface area contributed by atoms with E-state index < -0.39 is 0 Å². The smallest absolute Gasteiger partial charge is 0.316 e. The number of nitrogens with zero attached hydrogens (tertiary/aromatic N) is 1. The van der Waals surface area contributed by atoms with Gasteiger partial charge in [0.2, 0.25) is 0 Å². The van der Waals surface area contributed by atoms with Crippen molar-refractivity contribution in [3.63, 3.8) is 0 Å². The van der Waals surface area contributed by atoms with E-state index >= 15 is 0 Å². The lowest BCUT2D eigenvalue weighted by atomic mass is 10.2. The second kappa shape index (κ2) is 5.73. The van der Waals surface area contributed by atoms with E-state index in [1.54, 1.807) is 13.1 Å². The molecule has 1 aromatic heterocycles. The molecule has 5 heteroatoms. The normalized spacial score (nSPS) is 10.5. The van der Waals surface area contributed by atoms with Gasteiger partial charge in [0.1, 0.15) is 0 Å². The molecule has 1 aromatic carbocycles. The number of nitrogen functional groups attached to an aromatic ring is 1. The first kappa shape index (κ1) is 12.7. The Morgan fingerprint density at radius 2 is 2.28 bits per heavy atom. The Labute approximate surface area is 110 Å². The number of thioether (sulfide) groups is 1. The van der Waals surface area contributed by atoms with E-state index in [2.05, 4.69) is 4.98 Å². The van der Waals surface area contributed by atoms with Crippen LogP contribution < -0.4 is 5.73 Å². The number of hydrogen-bond acceptors (Lipinski definition) is 5. The lowest BCUT2D eigenvalue weighted by Gasteiger charge is -2.07. The van der Waals surface area contributed by atoms with Crippen molar-refractivity contribution in [1.29, 1.82) is 0 Å². The van der Waals surface area contributed by atoms with Crippen LogP contribution in [0.3, 0.4) is 0 Å². The van der Waals surface area contributed by atoms with Crippen LogP contribution in [0.15, 0.2) is 35.4 Å². The largest absolute Gasteiger partial charge is 0.465 e. The maximum atomic E-state index is 11.3. The summed E-state index contributed by atoms with van der Waals surface area (Å²) in [4.78, 5) is 16.6. The number of hydrogen-bond donors (Lipinski definition) is 1. The van der Waals surface area contributed by atoms with Crippen molar-refractivity contribution >= 4 is 34.3 Å². The molecule has 2 N–H and O–H groups in total. The van der Waals surface area contributed by atoms with Crippen molar-refractivity contribution < 1.29 is 9.53 Å². The minimum atomic E-state index is -0.212. The molecular formula is C13H14N2O2S. The van der Waals surface area contributed by atoms with Gasteiger partial charge < -0.3 is 10.5 Å². The van der Waals surface area contributed by atoms with Gasteiger partial charge in [0.15, 0.2) is 0 Å². The fourth-order valence-corrected chi connectivity index (χ4v) is 2.47. The lowest BCUT2D eigenvalue weighted by Crippen LogP contribution is -2.06. The number of fused-ring (bicyclic) bond motifs is 1. The molecule has 0 aliphatic carbocycles. The first-order valence-corrected chi connectivity index (χ1v) is 6.62. The molecule has 0 amide bonds. The van der Waals surface area contributed by atoms with Crippen molar-refractivity contribution in [2.24, 2.45) is 0 Å². The Kier molecular flexibility index (Phi) is 4.04. The van der Waals surface area contributed by atoms with Gasteiger partial charge in [-0.25, -0.2) is 0 Å². The van der Waals surface area contributed by atoms with Gasteiger partial charge in [0.25, 0.3) is 0 Å². The molecule has 0 spiro atoms. The minimum Gasteiger partial charge on any atom is -0.465 e. The van der Waals surface area contributed by atoms with Crippen molar-refractivity contribution in [3.8, 4) is 0 Å². The molecule has 94 valence electrons. The van der Waals surface area contributed by atoms with Gasteiger partial charge in [0, 0.05) is 16.5 Å². The summed E-state index contributed by atoms with van der Waals surface area (Å²) >= 11 is 1.44. The van der Waals surface area contributed by atoms with Gasteiger partial charge in [-0.3, -0.25) is 9.78 Å². The average molecular weight is 262 g/mol. The van der Waals surface area contributed by atoms with E-state index in [0.717, 1.165) is 15.8 Å². The third-order valence-corrected chi connectivity index (χ3v) is 3.46. The van der Waals surface area contributed by atoms with Gasteiger partial charge in [0.05, 0.1) is 23.6 Å². The standard InChI is InChI=1S/C13H14N2O2S/c1-2-17-12(16)8-18-11-6-5-10(14)13-9(11)4-3-7-15-13/h3-7H,2,8,14H2,1H3. The maximum absolute atomic E-state index is 11.3. The molecular weight excluding hydrogens is 248 g/mol. The van der Waals surface area contributed by atoms with Crippen molar-refractivity contribution in [3.05, 3.63) is 30.5 Å². The molecule has 18 heavy (non-hydrogen) atoms. The van der Waals surface area contributed by atoms with Crippen LogP contribution in [0.5, 0.6) is 0 Å². The second-order valence-electron chi connectivity index (χ2n) is 3.65. The number of esters is 1. The number of pyridine rings is 1. The number of carbonyl (C=O) groups excluding carboxylic acids is 1. The molecule has 0 aliphatic rings. The Hall–Kier alpha value is -1.75. The predicted octanol–water partition coefficient (Wildman–Crippen LogP) is 2.47. The van der Waals surface area contributed by atoms with Gasteiger partial charge >= 0.3 is 5.97 Å². The Morgan fingerprint density at radius 3 is 3.06 bits per heavy atom. The van der Waals surface area contributed by atoms with E-state index in [1.165, 1.54) is 11.8 Å². The van der Waals surface area contributed by atoms with E-state index in [1.807, 2.05) is 24.3 Å². The molecule has 0 unspecified atom stereocenters. The molecule has 0 radical (unpaired) electrons. The molecule has 0 bridgehead atoms. The zero-order chi connectivity index (χ0) is 13.0. The lowest BCUT2D eigenvalue weighted by molar-refractivity contribution is -0.139. The fraction of sp³-hybridized carbons (Fsp3) is 0.231.